The molecule has 2 rings (SSSR count). The number of hydrogen-bond acceptors (Lipinski definition) is 2. The largest absolute Gasteiger partial charge is 0.481 e. The molecule has 1 aromatic heterocycles. The summed E-state index contributed by atoms with van der Waals surface area (Å²) in [6.07, 6.45) is 1.66. The van der Waals surface area contributed by atoms with Crippen molar-refractivity contribution in [2.45, 2.75) is 6.42 Å². The number of aliphatic carboxylic acids is 1. The molecule has 0 aliphatic rings. The van der Waals surface area contributed by atoms with Crippen molar-refractivity contribution in [2.75, 3.05) is 0 Å². The van der Waals surface area contributed by atoms with Crippen LogP contribution < -0.4 is 0 Å². The number of carboxylic acid groups (broad SMARTS) is 1. The standard InChI is InChI=1S/C11H8BrNO2/c12-8-1-2-10-9(6-8)7(3-4-13-10)5-11(14)15/h1-4,6H,5H2,(H,14,15). The first-order chi connectivity index (χ1) is 7.16. The Kier molecular flexibility index (Phi) is 2.68. The summed E-state index contributed by atoms with van der Waals surface area (Å²) in [5.74, 6) is -0.831. The molecule has 3 nitrogen and oxygen atoms in total. The van der Waals surface area contributed by atoms with E-state index in [1.165, 1.54) is 0 Å². The Morgan fingerprint density at radius 2 is 2.20 bits per heavy atom. The number of hydrogen-bond donors (Lipinski definition) is 1. The molecule has 4 heteroatoms. The summed E-state index contributed by atoms with van der Waals surface area (Å²) >= 11 is 3.36. The Morgan fingerprint density at radius 1 is 1.40 bits per heavy atom. The lowest BCUT2D eigenvalue weighted by atomic mass is 10.1. The van der Waals surface area contributed by atoms with Crippen molar-refractivity contribution in [3.8, 4) is 0 Å². The molecule has 1 aromatic carbocycles. The maximum absolute atomic E-state index is 10.7. The molecule has 0 fully saturated rings. The second-order valence-corrected chi connectivity index (χ2v) is 4.12. The monoisotopic (exact) mass is 265 g/mol. The fraction of sp³-hybridized carbons (Fsp3) is 0.0909. The van der Waals surface area contributed by atoms with Gasteiger partial charge in [-0.2, -0.15) is 0 Å². The Labute approximate surface area is 94.9 Å². The van der Waals surface area contributed by atoms with Gasteiger partial charge in [0.15, 0.2) is 0 Å². The molecule has 0 radical (unpaired) electrons. The van der Waals surface area contributed by atoms with E-state index < -0.39 is 5.97 Å². The number of halogens is 1. The lowest BCUT2D eigenvalue weighted by Crippen LogP contribution is -2.01. The number of pyridine rings is 1. The maximum Gasteiger partial charge on any atom is 0.307 e. The van der Waals surface area contributed by atoms with Crippen molar-refractivity contribution in [3.63, 3.8) is 0 Å². The maximum atomic E-state index is 10.7. The zero-order valence-electron chi connectivity index (χ0n) is 7.77. The van der Waals surface area contributed by atoms with Gasteiger partial charge in [-0.15, -0.1) is 0 Å². The van der Waals surface area contributed by atoms with Crippen LogP contribution >= 0.6 is 15.9 Å². The highest BCUT2D eigenvalue weighted by atomic mass is 79.9. The smallest absolute Gasteiger partial charge is 0.307 e. The van der Waals surface area contributed by atoms with Crippen LogP contribution in [0.5, 0.6) is 0 Å². The van der Waals surface area contributed by atoms with Crippen molar-refractivity contribution in [1.82, 2.24) is 4.98 Å². The molecule has 0 aliphatic carbocycles. The molecular formula is C11H8BrNO2. The molecule has 0 unspecified atom stereocenters. The molecule has 0 bridgehead atoms. The van der Waals surface area contributed by atoms with Crippen molar-refractivity contribution < 1.29 is 9.90 Å². The molecule has 76 valence electrons. The average Bonchev–Trinajstić information content (AvgIpc) is 2.18. The predicted molar refractivity (Wildman–Crippen MR) is 60.8 cm³/mol. The van der Waals surface area contributed by atoms with Crippen molar-refractivity contribution in [1.29, 1.82) is 0 Å². The van der Waals surface area contributed by atoms with E-state index in [-0.39, 0.29) is 6.42 Å². The van der Waals surface area contributed by atoms with Gasteiger partial charge in [-0.05, 0) is 29.8 Å². The average molecular weight is 266 g/mol. The van der Waals surface area contributed by atoms with Crippen LogP contribution in [0.2, 0.25) is 0 Å². The van der Waals surface area contributed by atoms with E-state index in [9.17, 15) is 4.79 Å². The molecule has 0 amide bonds. The first-order valence-corrected chi connectivity index (χ1v) is 5.21. The molecule has 1 heterocycles. The highest BCUT2D eigenvalue weighted by molar-refractivity contribution is 9.10. The summed E-state index contributed by atoms with van der Waals surface area (Å²) < 4.78 is 0.926. The molecule has 0 spiro atoms. The third-order valence-corrected chi connectivity index (χ3v) is 2.63. The predicted octanol–water partition coefficient (Wildman–Crippen LogP) is 2.62. The zero-order chi connectivity index (χ0) is 10.8. The van der Waals surface area contributed by atoms with Crippen molar-refractivity contribution in [2.24, 2.45) is 0 Å². The second-order valence-electron chi connectivity index (χ2n) is 3.20. The molecule has 15 heavy (non-hydrogen) atoms. The quantitative estimate of drug-likeness (QED) is 0.908. The molecule has 0 saturated carbocycles. The van der Waals surface area contributed by atoms with Gasteiger partial charge in [0.2, 0.25) is 0 Å². The number of rotatable bonds is 2. The van der Waals surface area contributed by atoms with Gasteiger partial charge in [0.1, 0.15) is 0 Å². The first-order valence-electron chi connectivity index (χ1n) is 4.42. The fourth-order valence-electron chi connectivity index (χ4n) is 1.49. The van der Waals surface area contributed by atoms with Gasteiger partial charge in [0.05, 0.1) is 11.9 Å². The summed E-state index contributed by atoms with van der Waals surface area (Å²) in [5.41, 5.74) is 1.60. The summed E-state index contributed by atoms with van der Waals surface area (Å²) in [6, 6.07) is 7.38. The highest BCUT2D eigenvalue weighted by Gasteiger charge is 2.06. The number of benzene rings is 1. The summed E-state index contributed by atoms with van der Waals surface area (Å²) in [7, 11) is 0. The normalized spacial score (nSPS) is 10.5. The van der Waals surface area contributed by atoms with Crippen LogP contribution in [0.25, 0.3) is 10.9 Å². The zero-order valence-corrected chi connectivity index (χ0v) is 9.36. The van der Waals surface area contributed by atoms with E-state index in [2.05, 4.69) is 20.9 Å². The molecule has 0 atom stereocenters. The highest BCUT2D eigenvalue weighted by Crippen LogP contribution is 2.21. The molecule has 1 N–H and O–H groups in total. The van der Waals surface area contributed by atoms with Crippen LogP contribution in [-0.4, -0.2) is 16.1 Å². The van der Waals surface area contributed by atoms with Gasteiger partial charge >= 0.3 is 5.97 Å². The van der Waals surface area contributed by atoms with Gasteiger partial charge in [0, 0.05) is 16.1 Å². The van der Waals surface area contributed by atoms with Gasteiger partial charge in [0.25, 0.3) is 0 Å². The van der Waals surface area contributed by atoms with E-state index in [0.717, 1.165) is 20.9 Å². The Hall–Kier alpha value is -1.42. The van der Waals surface area contributed by atoms with Crippen LogP contribution in [0.15, 0.2) is 34.9 Å². The topological polar surface area (TPSA) is 50.2 Å². The first kappa shape index (κ1) is 10.1. The van der Waals surface area contributed by atoms with E-state index in [4.69, 9.17) is 5.11 Å². The fourth-order valence-corrected chi connectivity index (χ4v) is 1.85. The van der Waals surface area contributed by atoms with Crippen LogP contribution in [0.4, 0.5) is 0 Å². The minimum Gasteiger partial charge on any atom is -0.481 e. The summed E-state index contributed by atoms with van der Waals surface area (Å²) in [6.45, 7) is 0. The van der Waals surface area contributed by atoms with Gasteiger partial charge in [-0.1, -0.05) is 15.9 Å². The van der Waals surface area contributed by atoms with Crippen LogP contribution in [-0.2, 0) is 11.2 Å². The minimum atomic E-state index is -0.831. The summed E-state index contributed by atoms with van der Waals surface area (Å²) in [4.78, 5) is 14.8. The van der Waals surface area contributed by atoms with E-state index >= 15 is 0 Å². The number of carbonyl (C=O) groups is 1. The second kappa shape index (κ2) is 3.98. The molecule has 0 saturated heterocycles. The van der Waals surface area contributed by atoms with Crippen LogP contribution in [0, 0.1) is 0 Å². The van der Waals surface area contributed by atoms with Gasteiger partial charge in [-0.25, -0.2) is 0 Å². The van der Waals surface area contributed by atoms with E-state index in [0.29, 0.717) is 0 Å². The Bertz CT molecular complexity index is 525. The lowest BCUT2D eigenvalue weighted by Gasteiger charge is -2.03. The van der Waals surface area contributed by atoms with Crippen molar-refractivity contribution >= 4 is 32.8 Å². The van der Waals surface area contributed by atoms with Crippen LogP contribution in [0.1, 0.15) is 5.56 Å². The number of nitrogens with zero attached hydrogens (tertiary/aromatic N) is 1. The lowest BCUT2D eigenvalue weighted by molar-refractivity contribution is -0.136. The third kappa shape index (κ3) is 2.15. The van der Waals surface area contributed by atoms with E-state index in [1.807, 2.05) is 18.2 Å². The van der Waals surface area contributed by atoms with Crippen molar-refractivity contribution in [3.05, 3.63) is 40.5 Å². The number of carboxylic acids is 1. The van der Waals surface area contributed by atoms with Gasteiger partial charge < -0.3 is 5.11 Å². The SMILES string of the molecule is O=C(O)Cc1ccnc2ccc(Br)cc12. The molecular weight excluding hydrogens is 258 g/mol. The Morgan fingerprint density at radius 3 is 2.93 bits per heavy atom. The third-order valence-electron chi connectivity index (χ3n) is 2.14. The number of fused-ring (bicyclic) bond motifs is 1. The molecule has 0 aliphatic heterocycles. The molecule has 2 aromatic rings. The number of aromatic nitrogens is 1. The van der Waals surface area contributed by atoms with Crippen LogP contribution in [0.3, 0.4) is 0 Å². The summed E-state index contributed by atoms with van der Waals surface area (Å²) in [5, 5.41) is 9.65. The van der Waals surface area contributed by atoms with E-state index in [1.54, 1.807) is 12.3 Å². The minimum absolute atomic E-state index is 0.0233. The van der Waals surface area contributed by atoms with Gasteiger partial charge in [-0.3, -0.25) is 9.78 Å². The Balaban J connectivity index is 2.63.